The molecule has 0 saturated heterocycles. The number of nitrogens with two attached hydrogens (primary N) is 1. The fraction of sp³-hybridized carbons (Fsp3) is 0.333. The van der Waals surface area contributed by atoms with Crippen molar-refractivity contribution in [1.82, 2.24) is 4.90 Å². The van der Waals surface area contributed by atoms with Gasteiger partial charge in [-0.05, 0) is 30.8 Å². The molecule has 0 radical (unpaired) electrons. The fourth-order valence-corrected chi connectivity index (χ4v) is 2.20. The Morgan fingerprint density at radius 2 is 2.21 bits per heavy atom. The molecule has 0 fully saturated rings. The van der Waals surface area contributed by atoms with Crippen LogP contribution in [0.5, 0.6) is 5.75 Å². The molecule has 19 heavy (non-hydrogen) atoms. The smallest absolute Gasteiger partial charge is 0.119 e. The van der Waals surface area contributed by atoms with E-state index in [2.05, 4.69) is 18.0 Å². The summed E-state index contributed by atoms with van der Waals surface area (Å²) in [4.78, 5) is 2.21. The number of rotatable bonds is 6. The Bertz CT molecular complexity index is 497. The molecule has 0 aliphatic heterocycles. The van der Waals surface area contributed by atoms with E-state index in [0.29, 0.717) is 6.54 Å². The highest BCUT2D eigenvalue weighted by molar-refractivity contribution is 5.30. The number of furan rings is 1. The van der Waals surface area contributed by atoms with Crippen molar-refractivity contribution in [2.45, 2.75) is 12.6 Å². The van der Waals surface area contributed by atoms with Crippen molar-refractivity contribution in [1.29, 1.82) is 0 Å². The summed E-state index contributed by atoms with van der Waals surface area (Å²) < 4.78 is 10.4. The largest absolute Gasteiger partial charge is 0.497 e. The molecule has 0 aliphatic rings. The van der Waals surface area contributed by atoms with E-state index in [0.717, 1.165) is 23.4 Å². The van der Waals surface area contributed by atoms with Crippen molar-refractivity contribution in [3.05, 3.63) is 54.0 Å². The molecule has 2 aromatic rings. The summed E-state index contributed by atoms with van der Waals surface area (Å²) in [6, 6.07) is 10.2. The summed E-state index contributed by atoms with van der Waals surface area (Å²) in [7, 11) is 3.73. The minimum absolute atomic E-state index is 0.157. The number of hydrogen-bond donors (Lipinski definition) is 1. The van der Waals surface area contributed by atoms with Gasteiger partial charge in [0.25, 0.3) is 0 Å². The molecule has 0 bridgehead atoms. The molecule has 0 aliphatic carbocycles. The van der Waals surface area contributed by atoms with Gasteiger partial charge in [-0.25, -0.2) is 0 Å². The Kier molecular flexibility index (Phi) is 4.60. The Hall–Kier alpha value is -1.78. The lowest BCUT2D eigenvalue weighted by Gasteiger charge is -2.27. The Labute approximate surface area is 113 Å². The van der Waals surface area contributed by atoms with Crippen LogP contribution < -0.4 is 10.5 Å². The predicted molar refractivity (Wildman–Crippen MR) is 75.0 cm³/mol. The van der Waals surface area contributed by atoms with E-state index >= 15 is 0 Å². The first kappa shape index (κ1) is 13.6. The molecular weight excluding hydrogens is 240 g/mol. The monoisotopic (exact) mass is 260 g/mol. The minimum Gasteiger partial charge on any atom is -0.497 e. The third kappa shape index (κ3) is 3.36. The Morgan fingerprint density at radius 3 is 2.84 bits per heavy atom. The van der Waals surface area contributed by atoms with Gasteiger partial charge in [0.1, 0.15) is 5.75 Å². The zero-order valence-electron chi connectivity index (χ0n) is 11.4. The van der Waals surface area contributed by atoms with Crippen molar-refractivity contribution in [3.8, 4) is 5.75 Å². The number of methoxy groups -OCH3 is 1. The van der Waals surface area contributed by atoms with Crippen molar-refractivity contribution in [3.63, 3.8) is 0 Å². The second-order valence-electron chi connectivity index (χ2n) is 4.57. The van der Waals surface area contributed by atoms with Crippen molar-refractivity contribution in [2.75, 3.05) is 20.7 Å². The maximum atomic E-state index is 5.92. The highest BCUT2D eigenvalue weighted by Crippen LogP contribution is 2.23. The first-order valence-electron chi connectivity index (χ1n) is 6.30. The van der Waals surface area contributed by atoms with Crippen LogP contribution in [0.1, 0.15) is 17.2 Å². The molecule has 1 aromatic heterocycles. The quantitative estimate of drug-likeness (QED) is 0.866. The molecule has 1 unspecified atom stereocenters. The molecule has 0 spiro atoms. The van der Waals surface area contributed by atoms with Gasteiger partial charge >= 0.3 is 0 Å². The van der Waals surface area contributed by atoms with E-state index in [9.17, 15) is 0 Å². The van der Waals surface area contributed by atoms with Crippen LogP contribution in [-0.4, -0.2) is 25.6 Å². The number of ether oxygens (including phenoxy) is 1. The summed E-state index contributed by atoms with van der Waals surface area (Å²) in [5.74, 6) is 0.854. The molecule has 0 saturated carbocycles. The van der Waals surface area contributed by atoms with Gasteiger partial charge < -0.3 is 14.9 Å². The molecule has 1 heterocycles. The predicted octanol–water partition coefficient (Wildman–Crippen LogP) is 2.42. The maximum absolute atomic E-state index is 5.92. The summed E-state index contributed by atoms with van der Waals surface area (Å²) in [5, 5.41) is 0. The van der Waals surface area contributed by atoms with Crippen LogP contribution in [0.25, 0.3) is 0 Å². The fourth-order valence-electron chi connectivity index (χ4n) is 2.20. The van der Waals surface area contributed by atoms with Gasteiger partial charge in [0, 0.05) is 24.7 Å². The van der Waals surface area contributed by atoms with Gasteiger partial charge in [0.2, 0.25) is 0 Å². The second kappa shape index (κ2) is 6.41. The topological polar surface area (TPSA) is 51.6 Å². The van der Waals surface area contributed by atoms with Gasteiger partial charge in [0.05, 0.1) is 19.6 Å². The second-order valence-corrected chi connectivity index (χ2v) is 4.57. The normalized spacial score (nSPS) is 12.6. The molecule has 1 atom stereocenters. The summed E-state index contributed by atoms with van der Waals surface area (Å²) in [6.07, 6.45) is 3.45. The van der Waals surface area contributed by atoms with Crippen molar-refractivity contribution < 1.29 is 9.15 Å². The number of benzene rings is 1. The van der Waals surface area contributed by atoms with Gasteiger partial charge in [-0.1, -0.05) is 12.1 Å². The molecule has 102 valence electrons. The highest BCUT2D eigenvalue weighted by Gasteiger charge is 2.16. The third-order valence-corrected chi connectivity index (χ3v) is 3.25. The summed E-state index contributed by atoms with van der Waals surface area (Å²) in [5.41, 5.74) is 8.22. The zero-order valence-corrected chi connectivity index (χ0v) is 11.4. The standard InChI is InChI=1S/C15H20N2O2/c1-17(10-12-6-7-19-11-12)15(9-16)13-4-3-5-14(8-13)18-2/h3-8,11,15H,9-10,16H2,1-2H3. The minimum atomic E-state index is 0.157. The van der Waals surface area contributed by atoms with E-state index in [-0.39, 0.29) is 6.04 Å². The van der Waals surface area contributed by atoms with Gasteiger partial charge in [-0.2, -0.15) is 0 Å². The van der Waals surface area contributed by atoms with Crippen LogP contribution in [0.15, 0.2) is 47.3 Å². The lowest BCUT2D eigenvalue weighted by molar-refractivity contribution is 0.240. The lowest BCUT2D eigenvalue weighted by Crippen LogP contribution is -2.30. The number of hydrogen-bond acceptors (Lipinski definition) is 4. The maximum Gasteiger partial charge on any atom is 0.119 e. The summed E-state index contributed by atoms with van der Waals surface area (Å²) >= 11 is 0. The van der Waals surface area contributed by atoms with E-state index < -0.39 is 0 Å². The molecule has 2 rings (SSSR count). The molecule has 4 nitrogen and oxygen atoms in total. The Morgan fingerprint density at radius 1 is 1.37 bits per heavy atom. The van der Waals surface area contributed by atoms with E-state index in [1.54, 1.807) is 19.6 Å². The van der Waals surface area contributed by atoms with Crippen LogP contribution >= 0.6 is 0 Å². The van der Waals surface area contributed by atoms with Crippen LogP contribution in [0.2, 0.25) is 0 Å². The molecular formula is C15H20N2O2. The molecule has 4 heteroatoms. The first-order chi connectivity index (χ1) is 9.24. The average molecular weight is 260 g/mol. The van der Waals surface area contributed by atoms with E-state index in [4.69, 9.17) is 14.9 Å². The number of nitrogens with zero attached hydrogens (tertiary/aromatic N) is 1. The van der Waals surface area contributed by atoms with Crippen LogP contribution in [0.4, 0.5) is 0 Å². The lowest BCUT2D eigenvalue weighted by atomic mass is 10.0. The van der Waals surface area contributed by atoms with Crippen LogP contribution in [0.3, 0.4) is 0 Å². The van der Waals surface area contributed by atoms with Gasteiger partial charge in [-0.3, -0.25) is 4.90 Å². The number of likely N-dealkylation sites (N-methyl/N-ethyl adjacent to an activating group) is 1. The van der Waals surface area contributed by atoms with Crippen molar-refractivity contribution in [2.24, 2.45) is 5.73 Å². The SMILES string of the molecule is COc1cccc(C(CN)N(C)Cc2ccoc2)c1. The average Bonchev–Trinajstić information content (AvgIpc) is 2.92. The molecule has 0 amide bonds. The molecule has 1 aromatic carbocycles. The van der Waals surface area contributed by atoms with Crippen molar-refractivity contribution >= 4 is 0 Å². The Balaban J connectivity index is 2.13. The molecule has 2 N–H and O–H groups in total. The zero-order chi connectivity index (χ0) is 13.7. The van der Waals surface area contributed by atoms with Gasteiger partial charge in [-0.15, -0.1) is 0 Å². The van der Waals surface area contributed by atoms with E-state index in [1.807, 2.05) is 24.3 Å². The van der Waals surface area contributed by atoms with Crippen LogP contribution in [-0.2, 0) is 6.54 Å². The van der Waals surface area contributed by atoms with Gasteiger partial charge in [0.15, 0.2) is 0 Å². The van der Waals surface area contributed by atoms with E-state index in [1.165, 1.54) is 0 Å². The third-order valence-electron chi connectivity index (χ3n) is 3.25. The summed E-state index contributed by atoms with van der Waals surface area (Å²) in [6.45, 7) is 1.36. The van der Waals surface area contributed by atoms with Crippen LogP contribution in [0, 0.1) is 0 Å². The highest BCUT2D eigenvalue weighted by atomic mass is 16.5. The first-order valence-corrected chi connectivity index (χ1v) is 6.30.